The molecule has 3 aromatic rings. The van der Waals surface area contributed by atoms with Crippen LogP contribution in [-0.2, 0) is 16.4 Å². The molecule has 0 amide bonds. The third kappa shape index (κ3) is 4.09. The summed E-state index contributed by atoms with van der Waals surface area (Å²) in [5.74, 6) is 1.45. The lowest BCUT2D eigenvalue weighted by Gasteiger charge is -2.26. The minimum Gasteiger partial charge on any atom is -0.367 e. The minimum atomic E-state index is -3.32. The summed E-state index contributed by atoms with van der Waals surface area (Å²) in [6.45, 7) is 4.89. The Kier molecular flexibility index (Phi) is 5.27. The van der Waals surface area contributed by atoms with E-state index in [1.165, 1.54) is 0 Å². The lowest BCUT2D eigenvalue weighted by Crippen LogP contribution is -2.35. The van der Waals surface area contributed by atoms with E-state index in [-0.39, 0.29) is 5.75 Å². The molecular formula is C23H27N5O2S. The normalized spacial score (nSPS) is 19.1. The molecule has 0 saturated carbocycles. The fourth-order valence-corrected chi connectivity index (χ4v) is 5.87. The third-order valence-electron chi connectivity index (χ3n) is 6.10. The Morgan fingerprint density at radius 3 is 2.74 bits per heavy atom. The van der Waals surface area contributed by atoms with Gasteiger partial charge in [-0.25, -0.2) is 13.4 Å². The summed E-state index contributed by atoms with van der Waals surface area (Å²) in [6.07, 6.45) is 2.09. The van der Waals surface area contributed by atoms with E-state index in [0.717, 1.165) is 53.8 Å². The maximum Gasteiger partial charge on any atom is 0.228 e. The highest BCUT2D eigenvalue weighted by Gasteiger charge is 2.27. The first-order valence-electron chi connectivity index (χ1n) is 10.8. The molecule has 0 spiro atoms. The van der Waals surface area contributed by atoms with Gasteiger partial charge in [-0.2, -0.15) is 4.98 Å². The summed E-state index contributed by atoms with van der Waals surface area (Å²) in [6, 6.07) is 13.8. The quantitative estimate of drug-likeness (QED) is 0.651. The molecule has 162 valence electrons. The van der Waals surface area contributed by atoms with Gasteiger partial charge in [0.2, 0.25) is 5.95 Å². The van der Waals surface area contributed by atoms with Crippen molar-refractivity contribution in [3.8, 4) is 0 Å². The van der Waals surface area contributed by atoms with Crippen molar-refractivity contribution < 1.29 is 8.42 Å². The highest BCUT2D eigenvalue weighted by atomic mass is 32.2. The highest BCUT2D eigenvalue weighted by Crippen LogP contribution is 2.29. The molecular weight excluding hydrogens is 410 g/mol. The summed E-state index contributed by atoms with van der Waals surface area (Å²) in [4.78, 5) is 12.1. The zero-order valence-electron chi connectivity index (χ0n) is 17.6. The molecule has 2 aromatic carbocycles. The number of nitrogens with zero attached hydrogens (tertiary/aromatic N) is 3. The molecule has 5 rings (SSSR count). The lowest BCUT2D eigenvalue weighted by molar-refractivity contribution is 0.478. The second-order valence-corrected chi connectivity index (χ2v) is 10.5. The smallest absolute Gasteiger partial charge is 0.228 e. The van der Waals surface area contributed by atoms with Gasteiger partial charge < -0.3 is 15.5 Å². The molecule has 0 atom stereocenters. The van der Waals surface area contributed by atoms with E-state index < -0.39 is 9.84 Å². The SMILES string of the molecule is Cc1ccc2nc(N3CCS(=O)(=O)c4ccccc4C3)nc(NC3CCNCC3)c2c1. The molecule has 0 unspecified atom stereocenters. The fraction of sp³-hybridized carbons (Fsp3) is 0.391. The predicted molar refractivity (Wildman–Crippen MR) is 123 cm³/mol. The summed E-state index contributed by atoms with van der Waals surface area (Å²) in [7, 11) is -3.32. The topological polar surface area (TPSA) is 87.2 Å². The Hall–Kier alpha value is -2.71. The molecule has 7 nitrogen and oxygen atoms in total. The van der Waals surface area contributed by atoms with Crippen molar-refractivity contribution in [3.63, 3.8) is 0 Å². The fourth-order valence-electron chi connectivity index (χ4n) is 4.37. The highest BCUT2D eigenvalue weighted by molar-refractivity contribution is 7.91. The van der Waals surface area contributed by atoms with E-state index in [9.17, 15) is 8.42 Å². The van der Waals surface area contributed by atoms with Gasteiger partial charge >= 0.3 is 0 Å². The van der Waals surface area contributed by atoms with Crippen LogP contribution in [0.25, 0.3) is 10.9 Å². The van der Waals surface area contributed by atoms with Gasteiger partial charge in [0.25, 0.3) is 0 Å². The molecule has 0 radical (unpaired) electrons. The van der Waals surface area contributed by atoms with Crippen LogP contribution in [0.3, 0.4) is 0 Å². The lowest BCUT2D eigenvalue weighted by atomic mass is 10.1. The van der Waals surface area contributed by atoms with E-state index in [4.69, 9.17) is 9.97 Å². The summed E-state index contributed by atoms with van der Waals surface area (Å²) in [5, 5.41) is 8.05. The number of fused-ring (bicyclic) bond motifs is 2. The van der Waals surface area contributed by atoms with Crippen LogP contribution in [0, 0.1) is 6.92 Å². The monoisotopic (exact) mass is 437 g/mol. The number of anilines is 2. The van der Waals surface area contributed by atoms with Gasteiger partial charge in [-0.05, 0) is 56.6 Å². The van der Waals surface area contributed by atoms with Crippen LogP contribution >= 0.6 is 0 Å². The number of nitrogens with one attached hydrogen (secondary N) is 2. The number of aryl methyl sites for hydroxylation is 1. The second kappa shape index (κ2) is 8.09. The first-order valence-corrected chi connectivity index (χ1v) is 12.5. The van der Waals surface area contributed by atoms with Gasteiger partial charge in [0.05, 0.1) is 16.2 Å². The maximum absolute atomic E-state index is 12.8. The number of sulfone groups is 1. The summed E-state index contributed by atoms with van der Waals surface area (Å²) < 4.78 is 25.5. The number of piperidine rings is 1. The zero-order chi connectivity index (χ0) is 21.4. The number of hydrogen-bond donors (Lipinski definition) is 2. The van der Waals surface area contributed by atoms with Crippen molar-refractivity contribution in [2.24, 2.45) is 0 Å². The third-order valence-corrected chi connectivity index (χ3v) is 7.89. The van der Waals surface area contributed by atoms with Gasteiger partial charge in [0, 0.05) is 24.5 Å². The molecule has 2 N–H and O–H groups in total. The van der Waals surface area contributed by atoms with E-state index in [2.05, 4.69) is 29.7 Å². The first-order chi connectivity index (χ1) is 15.0. The number of hydrogen-bond acceptors (Lipinski definition) is 7. The standard InChI is InChI=1S/C23H27N5O2S/c1-16-6-7-20-19(14-16)22(25-18-8-10-24-11-9-18)27-23(26-20)28-12-13-31(29,30)21-5-3-2-4-17(21)15-28/h2-7,14,18,24H,8-13,15H2,1H3,(H,25,26,27). The van der Waals surface area contributed by atoms with Crippen molar-refractivity contribution in [1.29, 1.82) is 0 Å². The van der Waals surface area contributed by atoms with Crippen molar-refractivity contribution in [2.75, 3.05) is 35.6 Å². The van der Waals surface area contributed by atoms with Gasteiger partial charge in [-0.15, -0.1) is 0 Å². The average Bonchev–Trinajstić information content (AvgIpc) is 2.91. The Labute approximate surface area is 182 Å². The number of aromatic nitrogens is 2. The zero-order valence-corrected chi connectivity index (χ0v) is 18.5. The van der Waals surface area contributed by atoms with Gasteiger partial charge in [0.1, 0.15) is 5.82 Å². The molecule has 1 aromatic heterocycles. The molecule has 2 aliphatic heterocycles. The van der Waals surface area contributed by atoms with Crippen molar-refractivity contribution in [2.45, 2.75) is 37.2 Å². The molecule has 1 saturated heterocycles. The van der Waals surface area contributed by atoms with E-state index in [1.807, 2.05) is 23.1 Å². The van der Waals surface area contributed by atoms with E-state index in [1.54, 1.807) is 12.1 Å². The molecule has 1 fully saturated rings. The van der Waals surface area contributed by atoms with E-state index >= 15 is 0 Å². The van der Waals surface area contributed by atoms with Gasteiger partial charge in [-0.3, -0.25) is 0 Å². The Bertz CT molecular complexity index is 1220. The van der Waals surface area contributed by atoms with Crippen LogP contribution < -0.4 is 15.5 Å². The minimum absolute atomic E-state index is 0.0519. The van der Waals surface area contributed by atoms with Crippen molar-refractivity contribution in [1.82, 2.24) is 15.3 Å². The Balaban J connectivity index is 1.56. The summed E-state index contributed by atoms with van der Waals surface area (Å²) >= 11 is 0. The van der Waals surface area contributed by atoms with Crippen molar-refractivity contribution >= 4 is 32.5 Å². The predicted octanol–water partition coefficient (Wildman–Crippen LogP) is 2.90. The molecule has 31 heavy (non-hydrogen) atoms. The van der Waals surface area contributed by atoms with Crippen LogP contribution in [-0.4, -0.2) is 49.8 Å². The molecule has 3 heterocycles. The molecule has 2 aliphatic rings. The van der Waals surface area contributed by atoms with Gasteiger partial charge in [-0.1, -0.05) is 29.8 Å². The van der Waals surface area contributed by atoms with Crippen LogP contribution in [0.1, 0.15) is 24.0 Å². The Morgan fingerprint density at radius 1 is 1.10 bits per heavy atom. The van der Waals surface area contributed by atoms with Crippen LogP contribution in [0.4, 0.5) is 11.8 Å². The van der Waals surface area contributed by atoms with Crippen LogP contribution in [0.15, 0.2) is 47.4 Å². The van der Waals surface area contributed by atoms with Crippen molar-refractivity contribution in [3.05, 3.63) is 53.6 Å². The van der Waals surface area contributed by atoms with Crippen LogP contribution in [0.2, 0.25) is 0 Å². The van der Waals surface area contributed by atoms with Crippen LogP contribution in [0.5, 0.6) is 0 Å². The Morgan fingerprint density at radius 2 is 1.90 bits per heavy atom. The number of benzene rings is 2. The maximum atomic E-state index is 12.8. The molecule has 0 aliphatic carbocycles. The van der Waals surface area contributed by atoms with E-state index in [0.29, 0.717) is 30.0 Å². The van der Waals surface area contributed by atoms with Gasteiger partial charge in [0.15, 0.2) is 9.84 Å². The largest absolute Gasteiger partial charge is 0.367 e. The average molecular weight is 438 g/mol. The molecule has 8 heteroatoms. The number of rotatable bonds is 3. The summed E-state index contributed by atoms with van der Waals surface area (Å²) in [5.41, 5.74) is 2.82. The first kappa shape index (κ1) is 20.2. The molecule has 0 bridgehead atoms. The second-order valence-electron chi connectivity index (χ2n) is 8.41.